The SMILES string of the molecule is Nc1ccccc1/C=C/[N+](=O)[O-]. The molecule has 0 unspecified atom stereocenters. The van der Waals surface area contributed by atoms with Crippen molar-refractivity contribution in [1.82, 2.24) is 0 Å². The van der Waals surface area contributed by atoms with E-state index >= 15 is 0 Å². The number of hydrogen-bond donors (Lipinski definition) is 1. The van der Waals surface area contributed by atoms with E-state index in [1.165, 1.54) is 6.08 Å². The summed E-state index contributed by atoms with van der Waals surface area (Å²) in [6.07, 6.45) is 2.24. The summed E-state index contributed by atoms with van der Waals surface area (Å²) >= 11 is 0. The normalized spacial score (nSPS) is 10.3. The van der Waals surface area contributed by atoms with Crippen molar-refractivity contribution in [3.63, 3.8) is 0 Å². The second kappa shape index (κ2) is 3.52. The van der Waals surface area contributed by atoms with E-state index in [1.54, 1.807) is 24.3 Å². The van der Waals surface area contributed by atoms with Gasteiger partial charge in [-0.1, -0.05) is 18.2 Å². The summed E-state index contributed by atoms with van der Waals surface area (Å²) in [5.74, 6) is 0. The summed E-state index contributed by atoms with van der Waals surface area (Å²) in [6, 6.07) is 6.96. The number of nitrogens with zero attached hydrogens (tertiary/aromatic N) is 1. The van der Waals surface area contributed by atoms with Gasteiger partial charge in [0.25, 0.3) is 0 Å². The summed E-state index contributed by atoms with van der Waals surface area (Å²) in [4.78, 5) is 9.44. The first-order valence-corrected chi connectivity index (χ1v) is 3.36. The maximum absolute atomic E-state index is 9.96. The van der Waals surface area contributed by atoms with Crippen LogP contribution in [0.1, 0.15) is 5.56 Å². The summed E-state index contributed by atoms with van der Waals surface area (Å²) in [5.41, 5.74) is 6.73. The number of para-hydroxylation sites is 1. The zero-order valence-corrected chi connectivity index (χ0v) is 6.31. The highest BCUT2D eigenvalue weighted by atomic mass is 16.6. The van der Waals surface area contributed by atoms with Gasteiger partial charge in [0.1, 0.15) is 0 Å². The van der Waals surface area contributed by atoms with Crippen LogP contribution in [-0.2, 0) is 0 Å². The largest absolute Gasteiger partial charge is 0.398 e. The maximum atomic E-state index is 9.96. The van der Waals surface area contributed by atoms with Gasteiger partial charge in [0.15, 0.2) is 0 Å². The van der Waals surface area contributed by atoms with Crippen molar-refractivity contribution in [2.75, 3.05) is 5.73 Å². The molecule has 4 nitrogen and oxygen atoms in total. The zero-order valence-electron chi connectivity index (χ0n) is 6.31. The fraction of sp³-hybridized carbons (Fsp3) is 0. The topological polar surface area (TPSA) is 69.2 Å². The van der Waals surface area contributed by atoms with Crippen molar-refractivity contribution in [2.45, 2.75) is 0 Å². The minimum atomic E-state index is -0.521. The van der Waals surface area contributed by atoms with Crippen LogP contribution < -0.4 is 5.73 Å². The summed E-state index contributed by atoms with van der Waals surface area (Å²) in [5, 5.41) is 9.96. The first-order chi connectivity index (χ1) is 5.70. The molecule has 4 heteroatoms. The third kappa shape index (κ3) is 2.09. The third-order valence-electron chi connectivity index (χ3n) is 1.37. The molecule has 1 rings (SSSR count). The van der Waals surface area contributed by atoms with Gasteiger partial charge in [-0.25, -0.2) is 0 Å². The molecule has 0 atom stereocenters. The Morgan fingerprint density at radius 1 is 1.42 bits per heavy atom. The van der Waals surface area contributed by atoms with Crippen molar-refractivity contribution >= 4 is 11.8 Å². The maximum Gasteiger partial charge on any atom is 0.235 e. The van der Waals surface area contributed by atoms with Gasteiger partial charge in [0, 0.05) is 17.3 Å². The van der Waals surface area contributed by atoms with E-state index in [1.807, 2.05) is 0 Å². The Balaban J connectivity index is 2.89. The van der Waals surface area contributed by atoms with Crippen molar-refractivity contribution in [3.05, 3.63) is 46.1 Å². The van der Waals surface area contributed by atoms with Crippen LogP contribution in [0.25, 0.3) is 6.08 Å². The molecule has 0 radical (unpaired) electrons. The Kier molecular flexibility index (Phi) is 2.42. The minimum Gasteiger partial charge on any atom is -0.398 e. The van der Waals surface area contributed by atoms with E-state index < -0.39 is 4.92 Å². The van der Waals surface area contributed by atoms with Gasteiger partial charge in [-0.05, 0) is 6.07 Å². The molecule has 12 heavy (non-hydrogen) atoms. The van der Waals surface area contributed by atoms with Gasteiger partial charge in [0.2, 0.25) is 6.20 Å². The Hall–Kier alpha value is -1.84. The van der Waals surface area contributed by atoms with E-state index in [2.05, 4.69) is 0 Å². The van der Waals surface area contributed by atoms with Crippen LogP contribution in [0.3, 0.4) is 0 Å². The molecule has 0 fully saturated rings. The lowest BCUT2D eigenvalue weighted by Gasteiger charge is -1.95. The van der Waals surface area contributed by atoms with Gasteiger partial charge >= 0.3 is 0 Å². The van der Waals surface area contributed by atoms with Crippen LogP contribution in [0.4, 0.5) is 5.69 Å². The Morgan fingerprint density at radius 3 is 2.67 bits per heavy atom. The number of hydrogen-bond acceptors (Lipinski definition) is 3. The molecule has 0 amide bonds. The highest BCUT2D eigenvalue weighted by Gasteiger charge is 1.93. The average Bonchev–Trinajstić information content (AvgIpc) is 2.03. The van der Waals surface area contributed by atoms with Gasteiger partial charge < -0.3 is 5.73 Å². The highest BCUT2D eigenvalue weighted by Crippen LogP contribution is 2.11. The van der Waals surface area contributed by atoms with Crippen LogP contribution in [0.5, 0.6) is 0 Å². The first-order valence-electron chi connectivity index (χ1n) is 3.36. The molecule has 0 aromatic heterocycles. The zero-order chi connectivity index (χ0) is 8.97. The van der Waals surface area contributed by atoms with Crippen molar-refractivity contribution < 1.29 is 4.92 Å². The lowest BCUT2D eigenvalue weighted by Crippen LogP contribution is -1.89. The predicted octanol–water partition coefficient (Wildman–Crippen LogP) is 1.52. The summed E-state index contributed by atoms with van der Waals surface area (Å²) < 4.78 is 0. The minimum absolute atomic E-state index is 0.521. The third-order valence-corrected chi connectivity index (χ3v) is 1.37. The Morgan fingerprint density at radius 2 is 2.08 bits per heavy atom. The van der Waals surface area contributed by atoms with Crippen molar-refractivity contribution in [2.24, 2.45) is 0 Å². The van der Waals surface area contributed by atoms with E-state index in [0.717, 1.165) is 6.20 Å². The monoisotopic (exact) mass is 164 g/mol. The average molecular weight is 164 g/mol. The molecule has 0 saturated carbocycles. The van der Waals surface area contributed by atoms with E-state index in [9.17, 15) is 10.1 Å². The van der Waals surface area contributed by atoms with Crippen LogP contribution in [0.15, 0.2) is 30.5 Å². The number of nitrogens with two attached hydrogens (primary N) is 1. The second-order valence-electron chi connectivity index (χ2n) is 2.23. The molecular weight excluding hydrogens is 156 g/mol. The van der Waals surface area contributed by atoms with Gasteiger partial charge in [-0.3, -0.25) is 10.1 Å². The highest BCUT2D eigenvalue weighted by molar-refractivity contribution is 5.63. The van der Waals surface area contributed by atoms with E-state index in [-0.39, 0.29) is 0 Å². The van der Waals surface area contributed by atoms with Crippen LogP contribution in [0, 0.1) is 10.1 Å². The Labute approximate surface area is 69.5 Å². The molecule has 0 saturated heterocycles. The molecule has 2 N–H and O–H groups in total. The lowest BCUT2D eigenvalue weighted by molar-refractivity contribution is -0.400. The van der Waals surface area contributed by atoms with Gasteiger partial charge in [-0.15, -0.1) is 0 Å². The smallest absolute Gasteiger partial charge is 0.235 e. The second-order valence-corrected chi connectivity index (χ2v) is 2.23. The summed E-state index contributed by atoms with van der Waals surface area (Å²) in [7, 11) is 0. The molecule has 0 aliphatic heterocycles. The molecular formula is C8H8N2O2. The fourth-order valence-corrected chi connectivity index (χ4v) is 0.804. The molecule has 0 aliphatic rings. The van der Waals surface area contributed by atoms with Gasteiger partial charge in [0.05, 0.1) is 4.92 Å². The molecule has 0 heterocycles. The van der Waals surface area contributed by atoms with Gasteiger partial charge in [-0.2, -0.15) is 0 Å². The first kappa shape index (κ1) is 8.26. The molecule has 0 spiro atoms. The Bertz CT molecular complexity index is 321. The van der Waals surface area contributed by atoms with Crippen LogP contribution in [0.2, 0.25) is 0 Å². The molecule has 0 bridgehead atoms. The van der Waals surface area contributed by atoms with E-state index in [4.69, 9.17) is 5.73 Å². The number of anilines is 1. The quantitative estimate of drug-likeness (QED) is 0.409. The fourth-order valence-electron chi connectivity index (χ4n) is 0.804. The summed E-state index contributed by atoms with van der Waals surface area (Å²) in [6.45, 7) is 0. The van der Waals surface area contributed by atoms with Crippen molar-refractivity contribution in [1.29, 1.82) is 0 Å². The number of nitro groups is 1. The molecule has 1 aromatic carbocycles. The predicted molar refractivity (Wildman–Crippen MR) is 46.9 cm³/mol. The molecule has 62 valence electrons. The van der Waals surface area contributed by atoms with E-state index in [0.29, 0.717) is 11.3 Å². The molecule has 1 aromatic rings. The van der Waals surface area contributed by atoms with Crippen LogP contribution in [-0.4, -0.2) is 4.92 Å². The molecule has 0 aliphatic carbocycles. The van der Waals surface area contributed by atoms with Crippen LogP contribution >= 0.6 is 0 Å². The number of rotatable bonds is 2. The standard InChI is InChI=1S/C8H8N2O2/c9-8-4-2-1-3-7(8)5-6-10(11)12/h1-6H,9H2/b6-5+. The lowest BCUT2D eigenvalue weighted by atomic mass is 10.2. The number of benzene rings is 1. The number of nitrogen functional groups attached to an aromatic ring is 1. The van der Waals surface area contributed by atoms with Crippen molar-refractivity contribution in [3.8, 4) is 0 Å².